The summed E-state index contributed by atoms with van der Waals surface area (Å²) in [6.07, 6.45) is 6.49. The van der Waals surface area contributed by atoms with Gasteiger partial charge in [-0.2, -0.15) is 0 Å². The third-order valence-corrected chi connectivity index (χ3v) is 4.65. The molecule has 0 aliphatic heterocycles. The second-order valence-corrected chi connectivity index (χ2v) is 5.70. The van der Waals surface area contributed by atoms with Crippen LogP contribution in [0.1, 0.15) is 47.6 Å². The molecule has 1 atom stereocenters. The predicted molar refractivity (Wildman–Crippen MR) is 73.9 cm³/mol. The van der Waals surface area contributed by atoms with Crippen molar-refractivity contribution in [3.8, 4) is 0 Å². The minimum Gasteiger partial charge on any atom is -0.388 e. The number of aliphatic hydroxyl groups is 1. The molecule has 2 aliphatic rings. The fraction of sp³-hybridized carbons (Fsp3) is 0.412. The van der Waals surface area contributed by atoms with Crippen LogP contribution in [0.25, 0.3) is 10.8 Å². The van der Waals surface area contributed by atoms with Crippen LogP contribution in [0.15, 0.2) is 24.3 Å². The van der Waals surface area contributed by atoms with Crippen molar-refractivity contribution in [2.24, 2.45) is 0 Å². The Balaban J connectivity index is 2.09. The van der Waals surface area contributed by atoms with Crippen LogP contribution in [0.2, 0.25) is 0 Å². The maximum Gasteiger partial charge on any atom is 0.0793 e. The van der Waals surface area contributed by atoms with Gasteiger partial charge >= 0.3 is 0 Å². The van der Waals surface area contributed by atoms with Crippen molar-refractivity contribution in [1.82, 2.24) is 0 Å². The second-order valence-electron chi connectivity index (χ2n) is 5.70. The van der Waals surface area contributed by atoms with Crippen LogP contribution >= 0.6 is 0 Å². The highest BCUT2D eigenvalue weighted by atomic mass is 16.3. The van der Waals surface area contributed by atoms with Gasteiger partial charge in [0, 0.05) is 0 Å². The van der Waals surface area contributed by atoms with Gasteiger partial charge in [0.15, 0.2) is 0 Å². The fourth-order valence-corrected chi connectivity index (χ4v) is 3.78. The van der Waals surface area contributed by atoms with Gasteiger partial charge in [0.25, 0.3) is 0 Å². The Morgan fingerprint density at radius 2 is 1.89 bits per heavy atom. The van der Waals surface area contributed by atoms with E-state index in [1.165, 1.54) is 45.9 Å². The van der Waals surface area contributed by atoms with Gasteiger partial charge in [-0.3, -0.25) is 0 Å². The maximum atomic E-state index is 10.3. The highest BCUT2D eigenvalue weighted by molar-refractivity contribution is 5.94. The van der Waals surface area contributed by atoms with E-state index in [2.05, 4.69) is 24.3 Å². The molecule has 2 aliphatic carbocycles. The second kappa shape index (κ2) is 3.83. The van der Waals surface area contributed by atoms with Crippen molar-refractivity contribution in [2.75, 3.05) is 0 Å². The van der Waals surface area contributed by atoms with E-state index in [4.69, 9.17) is 0 Å². The van der Waals surface area contributed by atoms with E-state index >= 15 is 0 Å². The Morgan fingerprint density at radius 3 is 2.83 bits per heavy atom. The largest absolute Gasteiger partial charge is 0.388 e. The summed E-state index contributed by atoms with van der Waals surface area (Å²) in [6, 6.07) is 9.00. The third-order valence-electron chi connectivity index (χ3n) is 4.65. The van der Waals surface area contributed by atoms with Gasteiger partial charge in [0.05, 0.1) is 6.10 Å². The van der Waals surface area contributed by atoms with Crippen LogP contribution in [0, 0.1) is 0 Å². The molecule has 0 bridgehead atoms. The van der Waals surface area contributed by atoms with E-state index in [1.807, 2.05) is 0 Å². The zero-order chi connectivity index (χ0) is 12.1. The average Bonchev–Trinajstić information content (AvgIpc) is 2.71. The number of hydrogen-bond acceptors (Lipinski definition) is 1. The van der Waals surface area contributed by atoms with Crippen molar-refractivity contribution in [2.45, 2.75) is 44.6 Å². The molecule has 0 spiro atoms. The summed E-state index contributed by atoms with van der Waals surface area (Å²) in [7, 11) is 0. The van der Waals surface area contributed by atoms with E-state index in [1.54, 1.807) is 0 Å². The summed E-state index contributed by atoms with van der Waals surface area (Å²) in [5, 5.41) is 13.2. The predicted octanol–water partition coefficient (Wildman–Crippen LogP) is 3.70. The zero-order valence-corrected chi connectivity index (χ0v) is 10.6. The Labute approximate surface area is 107 Å². The van der Waals surface area contributed by atoms with E-state index in [0.29, 0.717) is 0 Å². The standard InChI is InChI=1S/C17H18O/c18-16-7-2-1-5-13-14-6-3-4-11-8-9-12(17(11)14)10-15(13)16/h3-4,6,10,16,18H,1-2,5,7-9H2. The fourth-order valence-electron chi connectivity index (χ4n) is 3.78. The molecule has 0 heterocycles. The van der Waals surface area contributed by atoms with Crippen LogP contribution in [0.4, 0.5) is 0 Å². The van der Waals surface area contributed by atoms with Crippen molar-refractivity contribution in [3.05, 3.63) is 46.5 Å². The molecule has 0 radical (unpaired) electrons. The number of aliphatic hydroxyl groups excluding tert-OH is 1. The first-order chi connectivity index (χ1) is 8.84. The van der Waals surface area contributed by atoms with Crippen LogP contribution in [0.3, 0.4) is 0 Å². The van der Waals surface area contributed by atoms with Gasteiger partial charge in [-0.25, -0.2) is 0 Å². The summed E-state index contributed by atoms with van der Waals surface area (Å²) >= 11 is 0. The molecule has 0 saturated heterocycles. The molecule has 0 saturated carbocycles. The minimum absolute atomic E-state index is 0.243. The first-order valence-electron chi connectivity index (χ1n) is 7.09. The molecule has 1 N–H and O–H groups in total. The van der Waals surface area contributed by atoms with Gasteiger partial charge in [0.2, 0.25) is 0 Å². The van der Waals surface area contributed by atoms with E-state index in [9.17, 15) is 5.11 Å². The number of rotatable bonds is 0. The minimum atomic E-state index is -0.243. The van der Waals surface area contributed by atoms with Gasteiger partial charge < -0.3 is 5.11 Å². The Morgan fingerprint density at radius 1 is 1.00 bits per heavy atom. The Bertz CT molecular complexity index is 627. The molecule has 0 fully saturated rings. The van der Waals surface area contributed by atoms with Gasteiger partial charge in [-0.05, 0) is 65.1 Å². The van der Waals surface area contributed by atoms with Crippen LogP contribution < -0.4 is 0 Å². The van der Waals surface area contributed by atoms with E-state index in [0.717, 1.165) is 25.7 Å². The van der Waals surface area contributed by atoms with Crippen LogP contribution in [-0.4, -0.2) is 5.11 Å². The number of fused-ring (bicyclic) bond motifs is 2. The SMILES string of the molecule is OC1CCCCc2c1cc1c3c(cccc23)CC1. The Hall–Kier alpha value is -1.34. The summed E-state index contributed by atoms with van der Waals surface area (Å²) in [4.78, 5) is 0. The van der Waals surface area contributed by atoms with Crippen molar-refractivity contribution >= 4 is 10.8 Å². The molecule has 18 heavy (non-hydrogen) atoms. The molecule has 0 aromatic heterocycles. The zero-order valence-electron chi connectivity index (χ0n) is 10.6. The molecular formula is C17H18O. The average molecular weight is 238 g/mol. The molecule has 1 heteroatoms. The molecular weight excluding hydrogens is 220 g/mol. The lowest BCUT2D eigenvalue weighted by atomic mass is 9.91. The molecule has 1 nitrogen and oxygen atoms in total. The summed E-state index contributed by atoms with van der Waals surface area (Å²) in [5.74, 6) is 0. The number of aryl methyl sites for hydroxylation is 3. The van der Waals surface area contributed by atoms with Crippen LogP contribution in [0.5, 0.6) is 0 Å². The van der Waals surface area contributed by atoms with Crippen molar-refractivity contribution in [1.29, 1.82) is 0 Å². The molecule has 2 aromatic carbocycles. The topological polar surface area (TPSA) is 20.2 Å². The number of hydrogen-bond donors (Lipinski definition) is 1. The van der Waals surface area contributed by atoms with Crippen molar-refractivity contribution < 1.29 is 5.11 Å². The lowest BCUT2D eigenvalue weighted by Gasteiger charge is -2.16. The smallest absolute Gasteiger partial charge is 0.0793 e. The summed E-state index contributed by atoms with van der Waals surface area (Å²) < 4.78 is 0. The van der Waals surface area contributed by atoms with E-state index < -0.39 is 0 Å². The maximum absolute atomic E-state index is 10.3. The molecule has 2 aromatic rings. The number of benzene rings is 2. The molecule has 0 amide bonds. The first-order valence-corrected chi connectivity index (χ1v) is 7.09. The molecule has 92 valence electrons. The van der Waals surface area contributed by atoms with Gasteiger partial charge in [-0.1, -0.05) is 30.7 Å². The van der Waals surface area contributed by atoms with Gasteiger partial charge in [-0.15, -0.1) is 0 Å². The Kier molecular flexibility index (Phi) is 2.25. The highest BCUT2D eigenvalue weighted by Gasteiger charge is 2.23. The quantitative estimate of drug-likeness (QED) is 0.694. The molecule has 4 rings (SSSR count). The summed E-state index contributed by atoms with van der Waals surface area (Å²) in [6.45, 7) is 0. The van der Waals surface area contributed by atoms with E-state index in [-0.39, 0.29) is 6.10 Å². The summed E-state index contributed by atoms with van der Waals surface area (Å²) in [5.41, 5.74) is 5.60. The van der Waals surface area contributed by atoms with Gasteiger partial charge in [0.1, 0.15) is 0 Å². The molecule has 1 unspecified atom stereocenters. The lowest BCUT2D eigenvalue weighted by molar-refractivity contribution is 0.166. The third kappa shape index (κ3) is 1.37. The van der Waals surface area contributed by atoms with Crippen molar-refractivity contribution in [3.63, 3.8) is 0 Å². The first kappa shape index (κ1) is 10.6. The lowest BCUT2D eigenvalue weighted by Crippen LogP contribution is -2.01. The normalized spacial score (nSPS) is 21.9. The monoisotopic (exact) mass is 238 g/mol. The highest BCUT2D eigenvalue weighted by Crippen LogP contribution is 2.39. The van der Waals surface area contributed by atoms with Crippen LogP contribution in [-0.2, 0) is 19.3 Å².